The van der Waals surface area contributed by atoms with E-state index in [0.29, 0.717) is 0 Å². The average molecular weight is 155 g/mol. The third kappa shape index (κ3) is 2.64. The van der Waals surface area contributed by atoms with E-state index in [1.807, 2.05) is 6.08 Å². The number of allylic oxidation sites excluding steroid dienone is 1. The number of nitrogens with one attached hydrogen (secondary N) is 1. The topological polar surface area (TPSA) is 21.3 Å². The highest BCUT2D eigenvalue weighted by Gasteiger charge is 2.31. The van der Waals surface area contributed by atoms with Gasteiger partial charge in [-0.1, -0.05) is 6.08 Å². The van der Waals surface area contributed by atoms with Gasteiger partial charge in [0.2, 0.25) is 0 Å². The molecule has 0 unspecified atom stereocenters. The molecule has 2 nitrogen and oxygen atoms in total. The van der Waals surface area contributed by atoms with Crippen molar-refractivity contribution in [3.05, 3.63) is 12.7 Å². The molecule has 1 heterocycles. The van der Waals surface area contributed by atoms with Crippen molar-refractivity contribution in [3.63, 3.8) is 0 Å². The van der Waals surface area contributed by atoms with Crippen LogP contribution in [-0.2, 0) is 4.74 Å². The van der Waals surface area contributed by atoms with Crippen LogP contribution in [0.25, 0.3) is 0 Å². The van der Waals surface area contributed by atoms with E-state index in [1.165, 1.54) is 0 Å². The summed E-state index contributed by atoms with van der Waals surface area (Å²) in [7, 11) is 0. The Morgan fingerprint density at radius 2 is 2.36 bits per heavy atom. The van der Waals surface area contributed by atoms with Crippen LogP contribution in [0, 0.1) is 0 Å². The number of unbranched alkanes of at least 4 members (excludes halogenated alkanes) is 1. The van der Waals surface area contributed by atoms with Crippen LogP contribution in [0.2, 0.25) is 0 Å². The summed E-state index contributed by atoms with van der Waals surface area (Å²) < 4.78 is 5.66. The summed E-state index contributed by atoms with van der Waals surface area (Å²) >= 11 is 0. The van der Waals surface area contributed by atoms with Gasteiger partial charge >= 0.3 is 0 Å². The van der Waals surface area contributed by atoms with Crippen LogP contribution in [0.5, 0.6) is 0 Å². The standard InChI is InChI=1S/C9H17NO/c1-3-4-5-6-11-9(2)7-10-8-9/h3,10H,1,4-8H2,2H3. The van der Waals surface area contributed by atoms with Crippen LogP contribution in [0.3, 0.4) is 0 Å². The predicted octanol–water partition coefficient (Wildman–Crippen LogP) is 1.33. The van der Waals surface area contributed by atoms with Gasteiger partial charge in [0.15, 0.2) is 0 Å². The number of hydrogen-bond acceptors (Lipinski definition) is 2. The lowest BCUT2D eigenvalue weighted by Gasteiger charge is -2.39. The van der Waals surface area contributed by atoms with E-state index in [-0.39, 0.29) is 5.60 Å². The summed E-state index contributed by atoms with van der Waals surface area (Å²) in [6.07, 6.45) is 4.09. The average Bonchev–Trinajstić information content (AvgIpc) is 1.95. The largest absolute Gasteiger partial charge is 0.373 e. The Bertz CT molecular complexity index is 130. The zero-order valence-electron chi connectivity index (χ0n) is 7.23. The molecule has 1 rings (SSSR count). The normalized spacial score (nSPS) is 20.8. The van der Waals surface area contributed by atoms with Crippen LogP contribution >= 0.6 is 0 Å². The fraction of sp³-hybridized carbons (Fsp3) is 0.778. The minimum atomic E-state index is 0.126. The fourth-order valence-electron chi connectivity index (χ4n) is 1.13. The zero-order valence-corrected chi connectivity index (χ0v) is 7.23. The Morgan fingerprint density at radius 1 is 1.64 bits per heavy atom. The fourth-order valence-corrected chi connectivity index (χ4v) is 1.13. The first-order valence-corrected chi connectivity index (χ1v) is 4.22. The molecule has 0 aromatic heterocycles. The van der Waals surface area contributed by atoms with Crippen molar-refractivity contribution in [2.75, 3.05) is 19.7 Å². The third-order valence-corrected chi connectivity index (χ3v) is 2.00. The highest BCUT2D eigenvalue weighted by Crippen LogP contribution is 2.15. The highest BCUT2D eigenvalue weighted by molar-refractivity contribution is 4.90. The second-order valence-electron chi connectivity index (χ2n) is 3.33. The molecule has 0 saturated carbocycles. The van der Waals surface area contributed by atoms with Crippen LogP contribution in [0.15, 0.2) is 12.7 Å². The lowest BCUT2D eigenvalue weighted by atomic mass is 10.0. The van der Waals surface area contributed by atoms with Gasteiger partial charge in [-0.15, -0.1) is 6.58 Å². The summed E-state index contributed by atoms with van der Waals surface area (Å²) in [5, 5.41) is 3.20. The summed E-state index contributed by atoms with van der Waals surface area (Å²) in [5.74, 6) is 0. The first-order chi connectivity index (χ1) is 5.27. The van der Waals surface area contributed by atoms with Crippen molar-refractivity contribution in [1.82, 2.24) is 5.32 Å². The zero-order chi connectivity index (χ0) is 8.16. The van der Waals surface area contributed by atoms with Gasteiger partial charge in [0.25, 0.3) is 0 Å². The molecule has 1 aliphatic heterocycles. The molecule has 0 aromatic rings. The molecule has 2 heteroatoms. The second kappa shape index (κ2) is 3.88. The Hall–Kier alpha value is -0.340. The number of ether oxygens (including phenoxy) is 1. The third-order valence-electron chi connectivity index (χ3n) is 2.00. The van der Waals surface area contributed by atoms with E-state index in [4.69, 9.17) is 4.74 Å². The quantitative estimate of drug-likeness (QED) is 0.477. The van der Waals surface area contributed by atoms with E-state index in [1.54, 1.807) is 0 Å². The van der Waals surface area contributed by atoms with Gasteiger partial charge < -0.3 is 10.1 Å². The van der Waals surface area contributed by atoms with Gasteiger partial charge in [-0.3, -0.25) is 0 Å². The molecular weight excluding hydrogens is 138 g/mol. The maximum absolute atomic E-state index is 5.66. The second-order valence-corrected chi connectivity index (χ2v) is 3.33. The molecule has 0 spiro atoms. The number of hydrogen-bond donors (Lipinski definition) is 1. The van der Waals surface area contributed by atoms with Crippen molar-refractivity contribution in [2.24, 2.45) is 0 Å². The lowest BCUT2D eigenvalue weighted by molar-refractivity contribution is -0.0670. The number of rotatable bonds is 5. The Morgan fingerprint density at radius 3 is 2.82 bits per heavy atom. The van der Waals surface area contributed by atoms with E-state index >= 15 is 0 Å². The Balaban J connectivity index is 1.97. The SMILES string of the molecule is C=CCCCOC1(C)CNC1. The summed E-state index contributed by atoms with van der Waals surface area (Å²) in [5.41, 5.74) is 0.126. The molecule has 0 atom stereocenters. The van der Waals surface area contributed by atoms with E-state index < -0.39 is 0 Å². The molecule has 0 radical (unpaired) electrons. The molecule has 0 aliphatic carbocycles. The predicted molar refractivity (Wildman–Crippen MR) is 46.7 cm³/mol. The van der Waals surface area contributed by atoms with Crippen LogP contribution < -0.4 is 5.32 Å². The lowest BCUT2D eigenvalue weighted by Crippen LogP contribution is -2.59. The molecule has 1 saturated heterocycles. The van der Waals surface area contributed by atoms with Crippen LogP contribution in [0.1, 0.15) is 19.8 Å². The minimum Gasteiger partial charge on any atom is -0.373 e. The summed E-state index contributed by atoms with van der Waals surface area (Å²) in [6.45, 7) is 8.68. The molecular formula is C9H17NO. The van der Waals surface area contributed by atoms with Gasteiger partial charge in [-0.2, -0.15) is 0 Å². The molecule has 0 amide bonds. The van der Waals surface area contributed by atoms with E-state index in [2.05, 4.69) is 18.8 Å². The van der Waals surface area contributed by atoms with Gasteiger partial charge in [-0.05, 0) is 19.8 Å². The molecule has 11 heavy (non-hydrogen) atoms. The summed E-state index contributed by atoms with van der Waals surface area (Å²) in [6, 6.07) is 0. The molecule has 64 valence electrons. The van der Waals surface area contributed by atoms with Crippen molar-refractivity contribution >= 4 is 0 Å². The molecule has 1 aliphatic rings. The molecule has 1 N–H and O–H groups in total. The van der Waals surface area contributed by atoms with Gasteiger partial charge in [0.1, 0.15) is 0 Å². The van der Waals surface area contributed by atoms with Gasteiger partial charge in [-0.25, -0.2) is 0 Å². The maximum Gasteiger partial charge on any atom is 0.0901 e. The molecule has 1 fully saturated rings. The summed E-state index contributed by atoms with van der Waals surface area (Å²) in [4.78, 5) is 0. The first-order valence-electron chi connectivity index (χ1n) is 4.22. The molecule has 0 aromatic carbocycles. The smallest absolute Gasteiger partial charge is 0.0901 e. The minimum absolute atomic E-state index is 0.126. The van der Waals surface area contributed by atoms with Crippen molar-refractivity contribution in [3.8, 4) is 0 Å². The Labute approximate surface area is 68.6 Å². The van der Waals surface area contributed by atoms with Crippen molar-refractivity contribution in [2.45, 2.75) is 25.4 Å². The van der Waals surface area contributed by atoms with Gasteiger partial charge in [0, 0.05) is 19.7 Å². The maximum atomic E-state index is 5.66. The Kier molecular flexibility index (Phi) is 3.09. The first kappa shape index (κ1) is 8.75. The van der Waals surface area contributed by atoms with Crippen molar-refractivity contribution in [1.29, 1.82) is 0 Å². The monoisotopic (exact) mass is 155 g/mol. The molecule has 0 bridgehead atoms. The highest BCUT2D eigenvalue weighted by atomic mass is 16.5. The van der Waals surface area contributed by atoms with Crippen LogP contribution in [0.4, 0.5) is 0 Å². The van der Waals surface area contributed by atoms with Crippen LogP contribution in [-0.4, -0.2) is 25.3 Å². The van der Waals surface area contributed by atoms with E-state index in [9.17, 15) is 0 Å². The van der Waals surface area contributed by atoms with E-state index in [0.717, 1.165) is 32.5 Å². The van der Waals surface area contributed by atoms with Crippen molar-refractivity contribution < 1.29 is 4.74 Å². The van der Waals surface area contributed by atoms with Gasteiger partial charge in [0.05, 0.1) is 5.60 Å².